The molecule has 0 aliphatic heterocycles. The van der Waals surface area contributed by atoms with E-state index in [4.69, 9.17) is 13.9 Å². The molecule has 1 amide bonds. The number of hydrogen-bond donors (Lipinski definition) is 1. The van der Waals surface area contributed by atoms with Crippen LogP contribution >= 0.6 is 0 Å². The monoisotopic (exact) mass is 407 g/mol. The average Bonchev–Trinajstić information content (AvgIpc) is 3.27. The number of nitrogens with one attached hydrogen (secondary N) is 1. The molecule has 7 heteroatoms. The minimum Gasteiger partial charge on any atom is -0.467 e. The fourth-order valence-electron chi connectivity index (χ4n) is 2.79. The van der Waals surface area contributed by atoms with Crippen molar-refractivity contribution in [2.75, 3.05) is 6.61 Å². The smallest absolute Gasteiger partial charge is 0.338 e. The first-order valence-electron chi connectivity index (χ1n) is 9.31. The Bertz CT molecular complexity index is 1010. The van der Waals surface area contributed by atoms with E-state index in [1.54, 1.807) is 55.5 Å². The lowest BCUT2D eigenvalue weighted by Gasteiger charge is -2.11. The number of benzene rings is 2. The summed E-state index contributed by atoms with van der Waals surface area (Å²) in [5, 5.41) is 2.69. The van der Waals surface area contributed by atoms with Gasteiger partial charge in [-0.15, -0.1) is 0 Å². The second-order valence-corrected chi connectivity index (χ2v) is 6.58. The number of carbonyl (C=O) groups excluding carboxylic acids is 3. The van der Waals surface area contributed by atoms with Crippen LogP contribution in [0.15, 0.2) is 71.3 Å². The summed E-state index contributed by atoms with van der Waals surface area (Å²) in [4.78, 5) is 35.1. The summed E-state index contributed by atoms with van der Waals surface area (Å²) in [6, 6.07) is 17.0. The summed E-state index contributed by atoms with van der Waals surface area (Å²) in [5.74, 6) is -0.309. The molecular weight excluding hydrogens is 386 g/mol. The molecule has 0 bridgehead atoms. The SMILES string of the molecule is CC(=O)Oc1ccc(-c2ccc(C(=O)OCC(=O)N[C@H](C)c3ccco3)cc2)cc1. The highest BCUT2D eigenvalue weighted by Crippen LogP contribution is 2.23. The zero-order valence-corrected chi connectivity index (χ0v) is 16.6. The van der Waals surface area contributed by atoms with Gasteiger partial charge in [0.05, 0.1) is 17.9 Å². The molecule has 7 nitrogen and oxygen atoms in total. The Morgan fingerprint density at radius 2 is 1.60 bits per heavy atom. The van der Waals surface area contributed by atoms with E-state index in [9.17, 15) is 14.4 Å². The zero-order chi connectivity index (χ0) is 21.5. The fraction of sp³-hybridized carbons (Fsp3) is 0.174. The molecule has 154 valence electrons. The number of carbonyl (C=O) groups is 3. The summed E-state index contributed by atoms with van der Waals surface area (Å²) in [6.45, 7) is 2.73. The Hall–Kier alpha value is -3.87. The Morgan fingerprint density at radius 3 is 2.17 bits per heavy atom. The minimum atomic E-state index is -0.590. The second-order valence-electron chi connectivity index (χ2n) is 6.58. The maximum atomic E-state index is 12.2. The Labute approximate surface area is 173 Å². The van der Waals surface area contributed by atoms with Crippen LogP contribution in [0.3, 0.4) is 0 Å². The molecular formula is C23H21NO6. The molecule has 0 unspecified atom stereocenters. The van der Waals surface area contributed by atoms with Gasteiger partial charge in [0.15, 0.2) is 6.61 Å². The van der Waals surface area contributed by atoms with Crippen molar-refractivity contribution in [3.05, 3.63) is 78.3 Å². The van der Waals surface area contributed by atoms with E-state index in [1.807, 2.05) is 12.1 Å². The van der Waals surface area contributed by atoms with E-state index in [-0.39, 0.29) is 18.6 Å². The molecule has 0 spiro atoms. The first-order chi connectivity index (χ1) is 14.4. The van der Waals surface area contributed by atoms with Gasteiger partial charge in [0.25, 0.3) is 5.91 Å². The van der Waals surface area contributed by atoms with Gasteiger partial charge >= 0.3 is 11.9 Å². The number of hydrogen-bond acceptors (Lipinski definition) is 6. The Kier molecular flexibility index (Phi) is 6.64. The van der Waals surface area contributed by atoms with E-state index in [0.29, 0.717) is 17.1 Å². The molecule has 0 aliphatic carbocycles. The van der Waals surface area contributed by atoms with Crippen molar-refractivity contribution < 1.29 is 28.3 Å². The van der Waals surface area contributed by atoms with Crippen LogP contribution in [-0.4, -0.2) is 24.5 Å². The van der Waals surface area contributed by atoms with Crippen molar-refractivity contribution in [1.29, 1.82) is 0 Å². The third-order valence-corrected chi connectivity index (χ3v) is 4.25. The molecule has 0 radical (unpaired) electrons. The molecule has 1 atom stereocenters. The van der Waals surface area contributed by atoms with Crippen LogP contribution in [0.4, 0.5) is 0 Å². The third-order valence-electron chi connectivity index (χ3n) is 4.25. The molecule has 3 aromatic rings. The van der Waals surface area contributed by atoms with Gasteiger partial charge < -0.3 is 19.2 Å². The Morgan fingerprint density at radius 1 is 0.967 bits per heavy atom. The number of rotatable bonds is 7. The highest BCUT2D eigenvalue weighted by Gasteiger charge is 2.14. The van der Waals surface area contributed by atoms with Crippen LogP contribution in [0.1, 0.15) is 36.0 Å². The van der Waals surface area contributed by atoms with Crippen LogP contribution in [0.2, 0.25) is 0 Å². The number of furan rings is 1. The number of amides is 1. The summed E-state index contributed by atoms with van der Waals surface area (Å²) in [6.07, 6.45) is 1.52. The number of ether oxygens (including phenoxy) is 2. The molecule has 30 heavy (non-hydrogen) atoms. The summed E-state index contributed by atoms with van der Waals surface area (Å²) < 4.78 is 15.3. The molecule has 0 saturated carbocycles. The third kappa shape index (κ3) is 5.57. The topological polar surface area (TPSA) is 94.8 Å². The maximum absolute atomic E-state index is 12.2. The van der Waals surface area contributed by atoms with Gasteiger partial charge in [-0.3, -0.25) is 9.59 Å². The van der Waals surface area contributed by atoms with Crippen molar-refractivity contribution in [3.8, 4) is 16.9 Å². The molecule has 1 N–H and O–H groups in total. The first-order valence-corrected chi connectivity index (χ1v) is 9.31. The van der Waals surface area contributed by atoms with E-state index in [2.05, 4.69) is 5.32 Å². The Balaban J connectivity index is 1.53. The van der Waals surface area contributed by atoms with Gasteiger partial charge in [-0.2, -0.15) is 0 Å². The lowest BCUT2D eigenvalue weighted by atomic mass is 10.0. The van der Waals surface area contributed by atoms with E-state index >= 15 is 0 Å². The van der Waals surface area contributed by atoms with Crippen molar-refractivity contribution in [1.82, 2.24) is 5.32 Å². The zero-order valence-electron chi connectivity index (χ0n) is 16.6. The van der Waals surface area contributed by atoms with E-state index in [0.717, 1.165) is 11.1 Å². The molecule has 3 rings (SSSR count). The van der Waals surface area contributed by atoms with Crippen LogP contribution in [0.5, 0.6) is 5.75 Å². The predicted molar refractivity (Wildman–Crippen MR) is 109 cm³/mol. The standard InChI is InChI=1S/C23H21NO6/c1-15(21-4-3-13-28-21)24-22(26)14-29-23(27)19-7-5-17(6-8-19)18-9-11-20(12-10-18)30-16(2)25/h3-13,15H,14H2,1-2H3,(H,24,26)/t15-/m1/s1. The average molecular weight is 407 g/mol. The van der Waals surface area contributed by atoms with E-state index in [1.165, 1.54) is 13.2 Å². The summed E-state index contributed by atoms with van der Waals surface area (Å²) in [5.41, 5.74) is 2.12. The number of esters is 2. The van der Waals surface area contributed by atoms with Crippen molar-refractivity contribution in [2.45, 2.75) is 19.9 Å². The van der Waals surface area contributed by atoms with E-state index < -0.39 is 11.9 Å². The molecule has 1 heterocycles. The van der Waals surface area contributed by atoms with Crippen molar-refractivity contribution in [3.63, 3.8) is 0 Å². The normalized spacial score (nSPS) is 11.4. The lowest BCUT2D eigenvalue weighted by molar-refractivity contribution is -0.131. The molecule has 1 aromatic heterocycles. The highest BCUT2D eigenvalue weighted by molar-refractivity contribution is 5.92. The van der Waals surface area contributed by atoms with Gasteiger partial charge in [0.1, 0.15) is 11.5 Å². The second kappa shape index (κ2) is 9.56. The molecule has 0 saturated heterocycles. The molecule has 2 aromatic carbocycles. The van der Waals surface area contributed by atoms with Crippen LogP contribution in [0, 0.1) is 0 Å². The van der Waals surface area contributed by atoms with Crippen LogP contribution in [0.25, 0.3) is 11.1 Å². The van der Waals surface area contributed by atoms with Gasteiger partial charge in [-0.05, 0) is 54.4 Å². The summed E-state index contributed by atoms with van der Waals surface area (Å²) >= 11 is 0. The highest BCUT2D eigenvalue weighted by atomic mass is 16.5. The lowest BCUT2D eigenvalue weighted by Crippen LogP contribution is -2.30. The molecule has 0 aliphatic rings. The van der Waals surface area contributed by atoms with Crippen LogP contribution in [-0.2, 0) is 14.3 Å². The van der Waals surface area contributed by atoms with Gasteiger partial charge in [0, 0.05) is 6.92 Å². The first kappa shape index (κ1) is 20.9. The van der Waals surface area contributed by atoms with Gasteiger partial charge in [-0.25, -0.2) is 4.79 Å². The summed E-state index contributed by atoms with van der Waals surface area (Å²) in [7, 11) is 0. The maximum Gasteiger partial charge on any atom is 0.338 e. The minimum absolute atomic E-state index is 0.322. The van der Waals surface area contributed by atoms with Gasteiger partial charge in [-0.1, -0.05) is 24.3 Å². The van der Waals surface area contributed by atoms with Crippen LogP contribution < -0.4 is 10.1 Å². The van der Waals surface area contributed by atoms with Crippen molar-refractivity contribution in [2.24, 2.45) is 0 Å². The predicted octanol–water partition coefficient (Wildman–Crippen LogP) is 3.91. The largest absolute Gasteiger partial charge is 0.467 e. The van der Waals surface area contributed by atoms with Crippen molar-refractivity contribution >= 4 is 17.8 Å². The fourth-order valence-corrected chi connectivity index (χ4v) is 2.79. The molecule has 0 fully saturated rings. The quantitative estimate of drug-likeness (QED) is 0.471. The van der Waals surface area contributed by atoms with Gasteiger partial charge in [0.2, 0.25) is 0 Å².